The zero-order valence-electron chi connectivity index (χ0n) is 12.8. The number of nitrogens with one attached hydrogen (secondary N) is 1. The van der Waals surface area contributed by atoms with E-state index in [1.165, 1.54) is 10.9 Å². The molecular weight excluding hydrogens is 316 g/mol. The average molecular weight is 332 g/mol. The number of aromatic nitrogens is 2. The number of aryl methyl sites for hydroxylation is 1. The molecule has 3 rings (SSSR count). The van der Waals surface area contributed by atoms with E-state index in [2.05, 4.69) is 10.4 Å². The molecule has 1 amide bonds. The summed E-state index contributed by atoms with van der Waals surface area (Å²) in [6.07, 6.45) is 3.35. The second-order valence-corrected chi connectivity index (χ2v) is 5.26. The van der Waals surface area contributed by atoms with Crippen molar-refractivity contribution in [2.75, 3.05) is 13.3 Å². The van der Waals surface area contributed by atoms with Crippen molar-refractivity contribution in [3.05, 3.63) is 46.3 Å². The Balaban J connectivity index is 1.40. The average Bonchev–Trinajstić information content (AvgIpc) is 3.21. The molecular formula is C15H16N4O5. The van der Waals surface area contributed by atoms with Crippen molar-refractivity contribution in [3.8, 4) is 11.5 Å². The van der Waals surface area contributed by atoms with Crippen LogP contribution >= 0.6 is 0 Å². The van der Waals surface area contributed by atoms with Gasteiger partial charge in [0.25, 0.3) is 0 Å². The molecule has 126 valence electrons. The van der Waals surface area contributed by atoms with Crippen molar-refractivity contribution in [2.24, 2.45) is 0 Å². The summed E-state index contributed by atoms with van der Waals surface area (Å²) in [5.74, 6) is 1.32. The highest BCUT2D eigenvalue weighted by atomic mass is 16.7. The summed E-state index contributed by atoms with van der Waals surface area (Å²) in [6.45, 7) is 1.03. The topological polar surface area (TPSA) is 109 Å². The first-order chi connectivity index (χ1) is 11.6. The quantitative estimate of drug-likeness (QED) is 0.604. The first kappa shape index (κ1) is 15.8. The van der Waals surface area contributed by atoms with Gasteiger partial charge in [-0.25, -0.2) is 0 Å². The van der Waals surface area contributed by atoms with Crippen LogP contribution in [0.15, 0.2) is 30.6 Å². The Morgan fingerprint density at radius 3 is 3.00 bits per heavy atom. The van der Waals surface area contributed by atoms with E-state index < -0.39 is 4.92 Å². The van der Waals surface area contributed by atoms with Gasteiger partial charge in [0.15, 0.2) is 11.5 Å². The smallest absolute Gasteiger partial charge is 0.306 e. The van der Waals surface area contributed by atoms with Crippen molar-refractivity contribution >= 4 is 11.6 Å². The fraction of sp³-hybridized carbons (Fsp3) is 0.333. The molecule has 0 bridgehead atoms. The molecule has 2 aromatic rings. The minimum absolute atomic E-state index is 0.0850. The number of amides is 1. The fourth-order valence-corrected chi connectivity index (χ4v) is 2.32. The summed E-state index contributed by atoms with van der Waals surface area (Å²) < 4.78 is 11.9. The molecule has 0 aliphatic carbocycles. The number of hydrogen-bond acceptors (Lipinski definition) is 6. The van der Waals surface area contributed by atoms with Crippen molar-refractivity contribution in [3.63, 3.8) is 0 Å². The monoisotopic (exact) mass is 332 g/mol. The molecule has 1 aliphatic heterocycles. The van der Waals surface area contributed by atoms with E-state index in [0.29, 0.717) is 19.5 Å². The predicted octanol–water partition coefficient (Wildman–Crippen LogP) is 1.27. The van der Waals surface area contributed by atoms with Crippen molar-refractivity contribution in [1.29, 1.82) is 0 Å². The van der Waals surface area contributed by atoms with Crippen LogP contribution in [-0.4, -0.2) is 33.9 Å². The standard InChI is InChI=1S/C15H16N4O5/c20-15(4-6-18-9-12(8-17-18)19(21)22)16-5-3-11-1-2-13-14(7-11)24-10-23-13/h1-2,7-9H,3-6,10H2,(H,16,20). The van der Waals surface area contributed by atoms with Crippen LogP contribution in [0.5, 0.6) is 11.5 Å². The van der Waals surface area contributed by atoms with Gasteiger partial charge < -0.3 is 14.8 Å². The molecule has 2 heterocycles. The van der Waals surface area contributed by atoms with Gasteiger partial charge in [-0.2, -0.15) is 5.10 Å². The van der Waals surface area contributed by atoms with E-state index >= 15 is 0 Å². The van der Waals surface area contributed by atoms with Crippen LogP contribution < -0.4 is 14.8 Å². The van der Waals surface area contributed by atoms with Crippen molar-refractivity contribution in [1.82, 2.24) is 15.1 Å². The Hall–Kier alpha value is -3.10. The van der Waals surface area contributed by atoms with E-state index in [-0.39, 0.29) is 24.8 Å². The van der Waals surface area contributed by atoms with Gasteiger partial charge in [-0.3, -0.25) is 19.6 Å². The summed E-state index contributed by atoms with van der Waals surface area (Å²) in [5.41, 5.74) is 0.959. The number of nitrogens with zero attached hydrogens (tertiary/aromatic N) is 3. The number of nitro groups is 1. The fourth-order valence-electron chi connectivity index (χ4n) is 2.32. The van der Waals surface area contributed by atoms with E-state index in [1.54, 1.807) is 0 Å². The highest BCUT2D eigenvalue weighted by Crippen LogP contribution is 2.32. The molecule has 0 saturated heterocycles. The molecule has 1 aliphatic rings. The molecule has 0 unspecified atom stereocenters. The lowest BCUT2D eigenvalue weighted by Gasteiger charge is -2.06. The lowest BCUT2D eigenvalue weighted by Crippen LogP contribution is -2.26. The van der Waals surface area contributed by atoms with E-state index in [0.717, 1.165) is 23.3 Å². The van der Waals surface area contributed by atoms with Gasteiger partial charge >= 0.3 is 5.69 Å². The molecule has 1 N–H and O–H groups in total. The molecule has 9 nitrogen and oxygen atoms in total. The summed E-state index contributed by atoms with van der Waals surface area (Å²) >= 11 is 0. The van der Waals surface area contributed by atoms with Gasteiger partial charge in [0.1, 0.15) is 12.4 Å². The summed E-state index contributed by atoms with van der Waals surface area (Å²) in [7, 11) is 0. The highest BCUT2D eigenvalue weighted by molar-refractivity contribution is 5.75. The summed E-state index contributed by atoms with van der Waals surface area (Å²) in [5, 5.41) is 17.2. The van der Waals surface area contributed by atoms with Crippen LogP contribution in [0, 0.1) is 10.1 Å². The number of hydrogen-bond donors (Lipinski definition) is 1. The third-order valence-corrected chi connectivity index (χ3v) is 3.57. The van der Waals surface area contributed by atoms with E-state index in [9.17, 15) is 14.9 Å². The van der Waals surface area contributed by atoms with Gasteiger partial charge in [-0.15, -0.1) is 0 Å². The first-order valence-corrected chi connectivity index (χ1v) is 7.44. The van der Waals surface area contributed by atoms with Crippen LogP contribution in [0.4, 0.5) is 5.69 Å². The second kappa shape index (κ2) is 6.99. The van der Waals surface area contributed by atoms with Crippen LogP contribution in [0.25, 0.3) is 0 Å². The predicted molar refractivity (Wildman–Crippen MR) is 82.8 cm³/mol. The molecule has 9 heteroatoms. The first-order valence-electron chi connectivity index (χ1n) is 7.44. The van der Waals surface area contributed by atoms with E-state index in [1.807, 2.05) is 18.2 Å². The number of fused-ring (bicyclic) bond motifs is 1. The van der Waals surface area contributed by atoms with Crippen LogP contribution in [0.3, 0.4) is 0 Å². The largest absolute Gasteiger partial charge is 0.454 e. The lowest BCUT2D eigenvalue weighted by atomic mass is 10.1. The molecule has 1 aromatic heterocycles. The molecule has 0 radical (unpaired) electrons. The number of carbonyl (C=O) groups excluding carboxylic acids is 1. The van der Waals surface area contributed by atoms with Crippen LogP contribution in [-0.2, 0) is 17.8 Å². The minimum Gasteiger partial charge on any atom is -0.454 e. The van der Waals surface area contributed by atoms with Crippen molar-refractivity contribution in [2.45, 2.75) is 19.4 Å². The highest BCUT2D eigenvalue weighted by Gasteiger charge is 2.13. The molecule has 0 saturated carbocycles. The van der Waals surface area contributed by atoms with Gasteiger partial charge in [-0.1, -0.05) is 6.07 Å². The lowest BCUT2D eigenvalue weighted by molar-refractivity contribution is -0.385. The second-order valence-electron chi connectivity index (χ2n) is 5.26. The normalized spacial score (nSPS) is 12.2. The number of carbonyl (C=O) groups is 1. The van der Waals surface area contributed by atoms with Gasteiger partial charge in [0.05, 0.1) is 4.92 Å². The molecule has 1 aromatic carbocycles. The van der Waals surface area contributed by atoms with Gasteiger partial charge in [-0.05, 0) is 24.1 Å². The SMILES string of the molecule is O=C(CCn1cc([N+](=O)[O-])cn1)NCCc1ccc2c(c1)OCO2. The zero-order chi connectivity index (χ0) is 16.9. The third-order valence-electron chi connectivity index (χ3n) is 3.57. The number of benzene rings is 1. The molecule has 0 spiro atoms. The Morgan fingerprint density at radius 1 is 1.38 bits per heavy atom. The zero-order valence-corrected chi connectivity index (χ0v) is 12.8. The van der Waals surface area contributed by atoms with Gasteiger partial charge in [0.2, 0.25) is 12.7 Å². The number of ether oxygens (including phenoxy) is 2. The Bertz CT molecular complexity index is 758. The molecule has 0 atom stereocenters. The van der Waals surface area contributed by atoms with Crippen LogP contribution in [0.1, 0.15) is 12.0 Å². The molecule has 0 fully saturated rings. The van der Waals surface area contributed by atoms with Crippen LogP contribution in [0.2, 0.25) is 0 Å². The maximum absolute atomic E-state index is 11.8. The Morgan fingerprint density at radius 2 is 2.21 bits per heavy atom. The Kier molecular flexibility index (Phi) is 4.59. The Labute approximate surface area is 137 Å². The minimum atomic E-state index is -0.519. The molecule has 24 heavy (non-hydrogen) atoms. The maximum Gasteiger partial charge on any atom is 0.306 e. The third kappa shape index (κ3) is 3.80. The van der Waals surface area contributed by atoms with Gasteiger partial charge in [0, 0.05) is 19.5 Å². The maximum atomic E-state index is 11.8. The van der Waals surface area contributed by atoms with Crippen molar-refractivity contribution < 1.29 is 19.2 Å². The van der Waals surface area contributed by atoms with E-state index in [4.69, 9.17) is 9.47 Å². The summed E-state index contributed by atoms with van der Waals surface area (Å²) in [6, 6.07) is 5.68. The summed E-state index contributed by atoms with van der Waals surface area (Å²) in [4.78, 5) is 21.8. The number of rotatable bonds is 7.